The van der Waals surface area contributed by atoms with Crippen molar-refractivity contribution in [2.24, 2.45) is 10.3 Å². The lowest BCUT2D eigenvalue weighted by molar-refractivity contribution is -0.144. The number of hydrogen-bond donors (Lipinski definition) is 0. The van der Waals surface area contributed by atoms with Crippen molar-refractivity contribution >= 4 is 37.9 Å². The number of hydrogen-bond acceptors (Lipinski definition) is 5. The van der Waals surface area contributed by atoms with Crippen molar-refractivity contribution in [3.05, 3.63) is 102 Å². The molecular formula is C24H18BrN3O2. The summed E-state index contributed by atoms with van der Waals surface area (Å²) in [5, 5.41) is 10.8. The molecule has 0 radical (unpaired) electrons. The number of halogens is 1. The zero-order valence-electron chi connectivity index (χ0n) is 16.2. The number of para-hydroxylation sites is 1. The van der Waals surface area contributed by atoms with Gasteiger partial charge in [0.05, 0.1) is 11.6 Å². The third-order valence-corrected chi connectivity index (χ3v) is 6.15. The van der Waals surface area contributed by atoms with Gasteiger partial charge in [-0.15, -0.1) is 0 Å². The lowest BCUT2D eigenvalue weighted by atomic mass is 9.74. The fourth-order valence-electron chi connectivity index (χ4n) is 4.13. The van der Waals surface area contributed by atoms with Gasteiger partial charge in [-0.05, 0) is 40.5 Å². The van der Waals surface area contributed by atoms with Gasteiger partial charge in [-0.1, -0.05) is 83.5 Å². The molecule has 148 valence electrons. The van der Waals surface area contributed by atoms with Gasteiger partial charge in [-0.2, -0.15) is 5.10 Å². The monoisotopic (exact) mass is 459 g/mol. The number of aryl methyl sites for hydroxylation is 1. The summed E-state index contributed by atoms with van der Waals surface area (Å²) < 4.78 is 0.651. The van der Waals surface area contributed by atoms with E-state index in [4.69, 9.17) is 9.94 Å². The number of nitrogens with zero attached hydrogens (tertiary/aromatic N) is 3. The first-order valence-electron chi connectivity index (χ1n) is 9.63. The number of carbonyl (C=O) groups is 1. The van der Waals surface area contributed by atoms with E-state index < -0.39 is 17.4 Å². The van der Waals surface area contributed by atoms with Crippen LogP contribution in [-0.4, -0.2) is 21.8 Å². The van der Waals surface area contributed by atoms with Gasteiger partial charge in [-0.25, -0.2) is 9.80 Å². The van der Waals surface area contributed by atoms with Crippen molar-refractivity contribution in [2.45, 2.75) is 18.4 Å². The van der Waals surface area contributed by atoms with Crippen LogP contribution in [-0.2, 0) is 9.63 Å². The summed E-state index contributed by atoms with van der Waals surface area (Å²) in [4.78, 5) is 18.8. The Kier molecular flexibility index (Phi) is 4.51. The molecule has 6 heteroatoms. The second kappa shape index (κ2) is 7.22. The zero-order valence-corrected chi connectivity index (χ0v) is 17.8. The maximum absolute atomic E-state index is 13.5. The van der Waals surface area contributed by atoms with Crippen molar-refractivity contribution in [1.29, 1.82) is 0 Å². The third kappa shape index (κ3) is 2.71. The second-order valence-corrected chi connectivity index (χ2v) is 8.18. The molecule has 2 atom stereocenters. The van der Waals surface area contributed by atoms with E-state index in [1.54, 1.807) is 5.01 Å². The van der Waals surface area contributed by atoms with Crippen molar-refractivity contribution < 1.29 is 9.63 Å². The van der Waals surface area contributed by atoms with Crippen LogP contribution in [0.15, 0.2) is 95.2 Å². The van der Waals surface area contributed by atoms with Gasteiger partial charge in [0.2, 0.25) is 5.54 Å². The molecule has 3 aromatic rings. The van der Waals surface area contributed by atoms with Gasteiger partial charge in [0.15, 0.2) is 0 Å². The van der Waals surface area contributed by atoms with E-state index >= 15 is 0 Å². The summed E-state index contributed by atoms with van der Waals surface area (Å²) in [5.41, 5.74) is 2.99. The molecule has 0 bridgehead atoms. The first-order chi connectivity index (χ1) is 14.6. The van der Waals surface area contributed by atoms with E-state index in [-0.39, 0.29) is 0 Å². The van der Waals surface area contributed by atoms with Crippen LogP contribution in [0.1, 0.15) is 22.6 Å². The van der Waals surface area contributed by atoms with Gasteiger partial charge in [0, 0.05) is 5.56 Å². The minimum Gasteiger partial charge on any atom is -0.315 e. The SMILES string of the molecule is Cc1ccc([C@@H]2C(Br)=NN(c3ccccc3)[C@]23C(=O)ON=C3c2ccccc2)cc1. The number of benzene rings is 3. The van der Waals surface area contributed by atoms with Crippen LogP contribution in [0.4, 0.5) is 5.69 Å². The quantitative estimate of drug-likeness (QED) is 0.517. The highest BCUT2D eigenvalue weighted by Gasteiger charge is 2.65. The van der Waals surface area contributed by atoms with Gasteiger partial charge in [0.25, 0.3) is 0 Å². The molecule has 0 aliphatic carbocycles. The van der Waals surface area contributed by atoms with Crippen molar-refractivity contribution in [2.75, 3.05) is 5.01 Å². The fourth-order valence-corrected chi connectivity index (χ4v) is 4.88. The van der Waals surface area contributed by atoms with Crippen molar-refractivity contribution in [3.8, 4) is 0 Å². The number of oxime groups is 1. The molecule has 0 amide bonds. The summed E-state index contributed by atoms with van der Waals surface area (Å²) >= 11 is 3.66. The van der Waals surface area contributed by atoms with Gasteiger partial charge < -0.3 is 4.84 Å². The molecule has 0 unspecified atom stereocenters. The number of hydrazone groups is 1. The number of rotatable bonds is 3. The lowest BCUT2D eigenvalue weighted by Gasteiger charge is -2.35. The summed E-state index contributed by atoms with van der Waals surface area (Å²) in [5.74, 6) is -0.860. The van der Waals surface area contributed by atoms with Gasteiger partial charge in [0.1, 0.15) is 10.3 Å². The van der Waals surface area contributed by atoms with Crippen LogP contribution in [0.2, 0.25) is 0 Å². The molecule has 1 spiro atoms. The molecular weight excluding hydrogens is 442 g/mol. The molecule has 0 N–H and O–H groups in total. The van der Waals surface area contributed by atoms with E-state index in [1.807, 2.05) is 91.9 Å². The average molecular weight is 460 g/mol. The summed E-state index contributed by atoms with van der Waals surface area (Å²) in [6.45, 7) is 2.04. The first kappa shape index (κ1) is 18.8. The van der Waals surface area contributed by atoms with E-state index in [9.17, 15) is 4.79 Å². The molecule has 2 aliphatic rings. The van der Waals surface area contributed by atoms with Crippen molar-refractivity contribution in [1.82, 2.24) is 0 Å². The average Bonchev–Trinajstić information content (AvgIpc) is 3.28. The van der Waals surface area contributed by atoms with Crippen LogP contribution in [0, 0.1) is 6.92 Å². The van der Waals surface area contributed by atoms with E-state index in [1.165, 1.54) is 0 Å². The van der Waals surface area contributed by atoms with Gasteiger partial charge >= 0.3 is 5.97 Å². The molecule has 3 aromatic carbocycles. The largest absolute Gasteiger partial charge is 0.369 e. The molecule has 30 heavy (non-hydrogen) atoms. The predicted octanol–water partition coefficient (Wildman–Crippen LogP) is 5.01. The van der Waals surface area contributed by atoms with Crippen LogP contribution in [0.25, 0.3) is 0 Å². The molecule has 2 heterocycles. The highest BCUT2D eigenvalue weighted by atomic mass is 79.9. The molecule has 0 aromatic heterocycles. The maximum atomic E-state index is 13.5. The second-order valence-electron chi connectivity index (χ2n) is 7.36. The normalized spacial score (nSPS) is 22.8. The number of carbonyl (C=O) groups excluding carboxylic acids is 1. The highest BCUT2D eigenvalue weighted by Crippen LogP contribution is 2.49. The fraction of sp³-hybridized carbons (Fsp3) is 0.125. The Morgan fingerprint density at radius 1 is 0.933 bits per heavy atom. The standard InChI is InChI=1S/C24H18BrN3O2/c1-16-12-14-17(15-13-16)20-22(25)26-28(19-10-6-3-7-11-19)24(20)21(27-30-23(24)29)18-8-4-2-5-9-18/h2-15,20H,1H3/t20-,24-/m1/s1. The van der Waals surface area contributed by atoms with E-state index in [0.29, 0.717) is 10.3 Å². The van der Waals surface area contributed by atoms with Crippen LogP contribution < -0.4 is 5.01 Å². The minimum absolute atomic E-state index is 0.410. The molecule has 5 nitrogen and oxygen atoms in total. The highest BCUT2D eigenvalue weighted by molar-refractivity contribution is 9.18. The maximum Gasteiger partial charge on any atom is 0.369 e. The van der Waals surface area contributed by atoms with Crippen LogP contribution >= 0.6 is 15.9 Å². The molecule has 5 rings (SSSR count). The smallest absolute Gasteiger partial charge is 0.315 e. The Labute approximate surface area is 182 Å². The third-order valence-electron chi connectivity index (χ3n) is 5.54. The lowest BCUT2D eigenvalue weighted by Crippen LogP contribution is -2.58. The Bertz CT molecular complexity index is 1160. The molecule has 0 saturated carbocycles. The van der Waals surface area contributed by atoms with Gasteiger partial charge in [-0.3, -0.25) is 0 Å². The summed E-state index contributed by atoms with van der Waals surface area (Å²) in [6.07, 6.45) is 0. The summed E-state index contributed by atoms with van der Waals surface area (Å²) in [7, 11) is 0. The number of anilines is 1. The van der Waals surface area contributed by atoms with E-state index in [0.717, 1.165) is 22.4 Å². The van der Waals surface area contributed by atoms with Crippen LogP contribution in [0.3, 0.4) is 0 Å². The predicted molar refractivity (Wildman–Crippen MR) is 121 cm³/mol. The molecule has 0 saturated heterocycles. The Morgan fingerprint density at radius 3 is 2.23 bits per heavy atom. The Hall–Kier alpha value is -3.25. The van der Waals surface area contributed by atoms with E-state index in [2.05, 4.69) is 21.1 Å². The molecule has 2 aliphatic heterocycles. The Morgan fingerprint density at radius 2 is 1.57 bits per heavy atom. The molecule has 0 fully saturated rings. The van der Waals surface area contributed by atoms with Crippen LogP contribution in [0.5, 0.6) is 0 Å². The summed E-state index contributed by atoms with van der Waals surface area (Å²) in [6, 6.07) is 27.4. The minimum atomic E-state index is -1.25. The Balaban J connectivity index is 1.77. The zero-order chi connectivity index (χ0) is 20.7. The first-order valence-corrected chi connectivity index (χ1v) is 10.4. The topological polar surface area (TPSA) is 54.3 Å². The van der Waals surface area contributed by atoms with Crippen molar-refractivity contribution in [3.63, 3.8) is 0 Å².